The second kappa shape index (κ2) is 7.29. The lowest BCUT2D eigenvalue weighted by Crippen LogP contribution is -2.46. The number of nitrogens with two attached hydrogens (primary N) is 2. The third-order valence-corrected chi connectivity index (χ3v) is 4.81. The van der Waals surface area contributed by atoms with Gasteiger partial charge in [-0.15, -0.1) is 0 Å². The summed E-state index contributed by atoms with van der Waals surface area (Å²) in [5.74, 6) is -0.348. The summed E-state index contributed by atoms with van der Waals surface area (Å²) in [5.41, 5.74) is 12.2. The van der Waals surface area contributed by atoms with Crippen LogP contribution >= 0.6 is 11.6 Å². The van der Waals surface area contributed by atoms with Gasteiger partial charge in [0.25, 0.3) is 0 Å². The highest BCUT2D eigenvalue weighted by molar-refractivity contribution is 6.30. The molecule has 5 atom stereocenters. The Kier molecular flexibility index (Phi) is 5.26. The van der Waals surface area contributed by atoms with Crippen molar-refractivity contribution in [1.29, 1.82) is 0 Å². The van der Waals surface area contributed by atoms with E-state index in [1.54, 1.807) is 29.2 Å². The summed E-state index contributed by atoms with van der Waals surface area (Å²) in [6.45, 7) is -0.334. The highest BCUT2D eigenvalue weighted by Crippen LogP contribution is 2.32. The van der Waals surface area contributed by atoms with Gasteiger partial charge in [0.2, 0.25) is 5.91 Å². The minimum Gasteiger partial charge on any atom is -0.394 e. The Morgan fingerprint density at radius 2 is 1.96 bits per heavy atom. The summed E-state index contributed by atoms with van der Waals surface area (Å²) >= 11 is 5.89. The van der Waals surface area contributed by atoms with E-state index in [1.807, 2.05) is 0 Å². The molecule has 3 rings (SSSR count). The Bertz CT molecular complexity index is 700. The monoisotopic (exact) mass is 384 g/mol. The van der Waals surface area contributed by atoms with Crippen molar-refractivity contribution in [2.75, 3.05) is 13.3 Å². The lowest BCUT2D eigenvalue weighted by atomic mass is 10.1. The molecule has 10 heteroatoms. The zero-order valence-electron chi connectivity index (χ0n) is 13.8. The van der Waals surface area contributed by atoms with E-state index in [9.17, 15) is 20.1 Å². The summed E-state index contributed by atoms with van der Waals surface area (Å²) in [6.07, 6.45) is -2.85. The van der Waals surface area contributed by atoms with Gasteiger partial charge in [-0.05, 0) is 17.7 Å². The fraction of sp³-hybridized carbons (Fsp3) is 0.438. The van der Waals surface area contributed by atoms with Crippen molar-refractivity contribution in [3.8, 4) is 0 Å². The lowest BCUT2D eigenvalue weighted by Gasteiger charge is -2.32. The number of nitrogens with zero attached hydrogens (tertiary/aromatic N) is 2. The maximum atomic E-state index is 12.0. The number of hydrogen-bond donors (Lipinski definition) is 5. The third kappa shape index (κ3) is 3.31. The SMILES string of the molecule is NC(=O)C(c1ccc(Cl)cc1)N1C=C(N)N([C@@H]2O[C@H](CO)[C@@H](O)[C@H]2O)C1. The van der Waals surface area contributed by atoms with Crippen molar-refractivity contribution in [2.24, 2.45) is 11.5 Å². The predicted octanol–water partition coefficient (Wildman–Crippen LogP) is -1.36. The summed E-state index contributed by atoms with van der Waals surface area (Å²) < 4.78 is 5.49. The number of rotatable bonds is 5. The standard InChI is InChI=1S/C16H21ClN4O5/c17-9-3-1-8(2-4-9)12(15(19)25)20-5-11(18)21(7-20)16-14(24)13(23)10(6-22)26-16/h1-5,10,12-14,16,22-24H,6-7,18H2,(H2,19,25)/t10-,12?,13-,14-,16-/m1/s1. The number of aliphatic hydroxyl groups excluding tert-OH is 3. The van der Waals surface area contributed by atoms with Crippen LogP contribution in [0.4, 0.5) is 0 Å². The van der Waals surface area contributed by atoms with Crippen LogP contribution in [-0.4, -0.2) is 68.8 Å². The summed E-state index contributed by atoms with van der Waals surface area (Å²) in [5, 5.41) is 29.9. The molecule has 2 aliphatic heterocycles. The zero-order chi connectivity index (χ0) is 19.0. The molecule has 1 saturated heterocycles. The van der Waals surface area contributed by atoms with Gasteiger partial charge in [0, 0.05) is 11.2 Å². The summed E-state index contributed by atoms with van der Waals surface area (Å²) in [7, 11) is 0. The van der Waals surface area contributed by atoms with Gasteiger partial charge in [0.1, 0.15) is 30.2 Å². The molecule has 1 aromatic rings. The van der Waals surface area contributed by atoms with Gasteiger partial charge < -0.3 is 41.3 Å². The van der Waals surface area contributed by atoms with Crippen molar-refractivity contribution in [1.82, 2.24) is 9.80 Å². The molecule has 1 amide bonds. The van der Waals surface area contributed by atoms with E-state index in [1.165, 1.54) is 11.1 Å². The van der Waals surface area contributed by atoms with Crippen molar-refractivity contribution < 1.29 is 24.9 Å². The normalized spacial score (nSPS) is 29.8. The van der Waals surface area contributed by atoms with Crippen LogP contribution in [0.1, 0.15) is 11.6 Å². The first kappa shape index (κ1) is 18.7. The van der Waals surface area contributed by atoms with Crippen LogP contribution in [0.15, 0.2) is 36.3 Å². The fourth-order valence-electron chi connectivity index (χ4n) is 3.23. The third-order valence-electron chi connectivity index (χ3n) is 4.56. The van der Waals surface area contributed by atoms with Gasteiger partial charge in [-0.2, -0.15) is 0 Å². The molecule has 7 N–H and O–H groups in total. The fourth-order valence-corrected chi connectivity index (χ4v) is 3.35. The molecule has 0 bridgehead atoms. The van der Waals surface area contributed by atoms with Crippen LogP contribution in [0.5, 0.6) is 0 Å². The van der Waals surface area contributed by atoms with Crippen molar-refractivity contribution in [3.63, 3.8) is 0 Å². The number of amides is 1. The Hall–Kier alpha value is -2.04. The molecule has 1 fully saturated rings. The molecule has 2 heterocycles. The molecule has 0 saturated carbocycles. The summed E-state index contributed by atoms with van der Waals surface area (Å²) in [6, 6.07) is 5.89. The lowest BCUT2D eigenvalue weighted by molar-refractivity contribution is -0.124. The van der Waals surface area contributed by atoms with Crippen molar-refractivity contribution in [3.05, 3.63) is 46.9 Å². The van der Waals surface area contributed by atoms with E-state index in [0.29, 0.717) is 10.6 Å². The molecular formula is C16H21ClN4O5. The largest absolute Gasteiger partial charge is 0.394 e. The van der Waals surface area contributed by atoms with E-state index < -0.39 is 43.1 Å². The van der Waals surface area contributed by atoms with Crippen molar-refractivity contribution >= 4 is 17.5 Å². The number of ether oxygens (including phenoxy) is 1. The first-order chi connectivity index (χ1) is 12.3. The van der Waals surface area contributed by atoms with Crippen LogP contribution in [-0.2, 0) is 9.53 Å². The van der Waals surface area contributed by atoms with Gasteiger partial charge in [0.05, 0.1) is 13.3 Å². The number of hydrogen-bond acceptors (Lipinski definition) is 8. The number of carbonyl (C=O) groups excluding carboxylic acids is 1. The minimum atomic E-state index is -1.26. The second-order valence-corrected chi connectivity index (χ2v) is 6.70. The smallest absolute Gasteiger partial charge is 0.244 e. The number of benzene rings is 1. The highest BCUT2D eigenvalue weighted by atomic mass is 35.5. The van der Waals surface area contributed by atoms with Gasteiger partial charge in [-0.3, -0.25) is 4.79 Å². The topological polar surface area (TPSA) is 146 Å². The van der Waals surface area contributed by atoms with E-state index in [2.05, 4.69) is 0 Å². The Morgan fingerprint density at radius 1 is 1.31 bits per heavy atom. The average Bonchev–Trinajstić information content (AvgIpc) is 3.10. The number of aliphatic hydroxyl groups is 3. The molecule has 1 aromatic carbocycles. The molecule has 9 nitrogen and oxygen atoms in total. The van der Waals surface area contributed by atoms with Crippen LogP contribution in [0, 0.1) is 0 Å². The Balaban J connectivity index is 1.81. The van der Waals surface area contributed by atoms with E-state index >= 15 is 0 Å². The molecule has 0 radical (unpaired) electrons. The van der Waals surface area contributed by atoms with E-state index in [0.717, 1.165) is 0 Å². The minimum absolute atomic E-state index is 0.106. The quantitative estimate of drug-likeness (QED) is 0.418. The first-order valence-corrected chi connectivity index (χ1v) is 8.38. The average molecular weight is 385 g/mol. The van der Waals surface area contributed by atoms with Gasteiger partial charge in [-0.25, -0.2) is 0 Å². The molecule has 0 spiro atoms. The van der Waals surface area contributed by atoms with Crippen LogP contribution < -0.4 is 11.5 Å². The zero-order valence-corrected chi connectivity index (χ0v) is 14.5. The second-order valence-electron chi connectivity index (χ2n) is 6.26. The molecule has 1 unspecified atom stereocenters. The predicted molar refractivity (Wildman–Crippen MR) is 92.0 cm³/mol. The van der Waals surface area contributed by atoms with Gasteiger partial charge >= 0.3 is 0 Å². The van der Waals surface area contributed by atoms with Crippen LogP contribution in [0.3, 0.4) is 0 Å². The van der Waals surface area contributed by atoms with Gasteiger partial charge in [0.15, 0.2) is 6.23 Å². The molecule has 0 aromatic heterocycles. The van der Waals surface area contributed by atoms with Crippen LogP contribution in [0.2, 0.25) is 5.02 Å². The Labute approximate surface area is 155 Å². The molecule has 0 aliphatic carbocycles. The maximum Gasteiger partial charge on any atom is 0.244 e. The maximum absolute atomic E-state index is 12.0. The van der Waals surface area contributed by atoms with E-state index in [4.69, 9.17) is 27.8 Å². The van der Waals surface area contributed by atoms with E-state index in [-0.39, 0.29) is 12.5 Å². The first-order valence-electron chi connectivity index (χ1n) is 8.00. The molecule has 26 heavy (non-hydrogen) atoms. The number of primary amides is 1. The molecule has 2 aliphatic rings. The highest BCUT2D eigenvalue weighted by Gasteiger charge is 2.47. The number of carbonyl (C=O) groups is 1. The molecular weight excluding hydrogens is 364 g/mol. The van der Waals surface area contributed by atoms with Gasteiger partial charge in [-0.1, -0.05) is 23.7 Å². The van der Waals surface area contributed by atoms with Crippen LogP contribution in [0.25, 0.3) is 0 Å². The summed E-state index contributed by atoms with van der Waals surface area (Å²) in [4.78, 5) is 15.1. The van der Waals surface area contributed by atoms with Crippen molar-refractivity contribution in [2.45, 2.75) is 30.6 Å². The Morgan fingerprint density at radius 3 is 2.50 bits per heavy atom. The molecule has 142 valence electrons. The number of halogens is 1.